The van der Waals surface area contributed by atoms with Gasteiger partial charge in [0.15, 0.2) is 0 Å². The van der Waals surface area contributed by atoms with Gasteiger partial charge in [-0.2, -0.15) is 22.0 Å². The molecular weight excluding hydrogens is 170 g/mol. The molecule has 0 unspecified atom stereocenters. The minimum atomic E-state index is -6.08. The monoisotopic (exact) mass is 170 g/mol. The van der Waals surface area contributed by atoms with Crippen LogP contribution in [0, 0.1) is 0 Å². The van der Waals surface area contributed by atoms with E-state index < -0.39 is 18.1 Å². The summed E-state index contributed by atoms with van der Waals surface area (Å²) in [5, 5.41) is 9.09. The van der Waals surface area contributed by atoms with Gasteiger partial charge in [0.2, 0.25) is 0 Å². The molecule has 0 saturated carbocycles. The van der Waals surface area contributed by atoms with Crippen molar-refractivity contribution in [2.75, 3.05) is 0 Å². The number of rotatable bonds is 1. The molecule has 0 fully saturated rings. The van der Waals surface area contributed by atoms with Gasteiger partial charge in [-0.25, -0.2) is 0 Å². The zero-order chi connectivity index (χ0) is 8.58. The normalized spacial score (nSPS) is 12.1. The number of carboxylic acid groups (broad SMARTS) is 1. The van der Waals surface area contributed by atoms with E-state index in [9.17, 15) is 22.0 Å². The minimum Gasteiger partial charge on any atom is -0.544 e. The average molecular weight is 170 g/mol. The maximum Gasteiger partial charge on any atom is 1.00 e. The molecule has 0 N–H and O–H groups in total. The third-order valence-electron chi connectivity index (χ3n) is 0.612. The summed E-state index contributed by atoms with van der Waals surface area (Å²) in [6.45, 7) is 0. The molecule has 0 heterocycles. The van der Waals surface area contributed by atoms with Crippen LogP contribution in [0.25, 0.3) is 0 Å². The first-order chi connectivity index (χ1) is 4.19. The minimum absolute atomic E-state index is 0. The molecule has 0 aromatic heterocycles. The molecule has 0 spiro atoms. The van der Waals surface area contributed by atoms with Gasteiger partial charge >= 0.3 is 31.0 Å². The van der Waals surface area contributed by atoms with Crippen molar-refractivity contribution in [2.24, 2.45) is 0 Å². The fraction of sp³-hybridized carbons (Fsp3) is 0.667. The Balaban J connectivity index is 0. The zero-order valence-corrected chi connectivity index (χ0v) is 5.21. The SMILES string of the molecule is O=C([O-])C(F)(F)C(F)(F)F.[Li+]. The molecule has 0 bridgehead atoms. The number of hydrogen-bond donors (Lipinski definition) is 0. The summed E-state index contributed by atoms with van der Waals surface area (Å²) in [5.74, 6) is -9.20. The number of aliphatic carboxylic acids is 1. The number of carboxylic acids is 1. The van der Waals surface area contributed by atoms with Gasteiger partial charge < -0.3 is 9.90 Å². The second kappa shape index (κ2) is 3.41. The molecule has 0 rings (SSSR count). The molecule has 0 aliphatic rings. The van der Waals surface area contributed by atoms with Crippen molar-refractivity contribution in [1.82, 2.24) is 0 Å². The van der Waals surface area contributed by atoms with Crippen molar-refractivity contribution >= 4 is 5.97 Å². The second-order valence-electron chi connectivity index (χ2n) is 1.36. The van der Waals surface area contributed by atoms with Crippen LogP contribution in [0.15, 0.2) is 0 Å². The Hall–Kier alpha value is -0.283. The van der Waals surface area contributed by atoms with Crippen molar-refractivity contribution in [3.05, 3.63) is 0 Å². The van der Waals surface area contributed by atoms with Crippen molar-refractivity contribution < 1.29 is 50.7 Å². The predicted molar refractivity (Wildman–Crippen MR) is 16.0 cm³/mol. The summed E-state index contributed by atoms with van der Waals surface area (Å²) in [7, 11) is 0. The van der Waals surface area contributed by atoms with Crippen LogP contribution in [0.3, 0.4) is 0 Å². The third-order valence-corrected chi connectivity index (χ3v) is 0.612. The Labute approximate surface area is 69.6 Å². The Morgan fingerprint density at radius 1 is 1.09 bits per heavy atom. The van der Waals surface area contributed by atoms with E-state index in [0.29, 0.717) is 0 Å². The smallest absolute Gasteiger partial charge is 0.544 e. The van der Waals surface area contributed by atoms with Gasteiger partial charge in [-0.3, -0.25) is 0 Å². The topological polar surface area (TPSA) is 40.1 Å². The second-order valence-corrected chi connectivity index (χ2v) is 1.36. The molecular formula is C3F5LiO2. The van der Waals surface area contributed by atoms with Gasteiger partial charge in [-0.05, 0) is 0 Å². The molecule has 0 aliphatic carbocycles. The molecule has 60 valence electrons. The van der Waals surface area contributed by atoms with E-state index in [4.69, 9.17) is 9.90 Å². The first-order valence-corrected chi connectivity index (χ1v) is 1.85. The average Bonchev–Trinajstić information content (AvgIpc) is 1.62. The molecule has 0 aromatic carbocycles. The number of halogens is 5. The van der Waals surface area contributed by atoms with Gasteiger partial charge in [0, 0.05) is 0 Å². The summed E-state index contributed by atoms with van der Waals surface area (Å²) >= 11 is 0. The summed E-state index contributed by atoms with van der Waals surface area (Å²) in [5.41, 5.74) is 0. The van der Waals surface area contributed by atoms with Gasteiger partial charge in [-0.1, -0.05) is 0 Å². The molecule has 8 heteroatoms. The summed E-state index contributed by atoms with van der Waals surface area (Å²) in [6.07, 6.45) is -6.08. The number of hydrogen-bond acceptors (Lipinski definition) is 2. The first-order valence-electron chi connectivity index (χ1n) is 1.85. The number of carbonyl (C=O) groups excluding carboxylic acids is 1. The van der Waals surface area contributed by atoms with Gasteiger partial charge in [-0.15, -0.1) is 0 Å². The van der Waals surface area contributed by atoms with Crippen LogP contribution in [-0.4, -0.2) is 18.1 Å². The van der Waals surface area contributed by atoms with E-state index in [0.717, 1.165) is 0 Å². The molecule has 11 heavy (non-hydrogen) atoms. The Bertz CT molecular complexity index is 152. The summed E-state index contributed by atoms with van der Waals surface area (Å²) in [4.78, 5) is 9.09. The fourth-order valence-corrected chi connectivity index (χ4v) is 0.116. The number of carbonyl (C=O) groups is 1. The maximum atomic E-state index is 11.3. The van der Waals surface area contributed by atoms with Crippen LogP contribution in [0.4, 0.5) is 22.0 Å². The molecule has 0 atom stereocenters. The van der Waals surface area contributed by atoms with Crippen molar-refractivity contribution in [2.45, 2.75) is 12.1 Å². The molecule has 0 saturated heterocycles. The molecule has 0 radical (unpaired) electrons. The van der Waals surface area contributed by atoms with Gasteiger partial charge in [0.25, 0.3) is 0 Å². The maximum absolute atomic E-state index is 11.3. The Morgan fingerprint density at radius 3 is 1.36 bits per heavy atom. The largest absolute Gasteiger partial charge is 1.00 e. The molecule has 0 aromatic rings. The van der Waals surface area contributed by atoms with E-state index in [1.165, 1.54) is 0 Å². The Kier molecular flexibility index (Phi) is 4.13. The Morgan fingerprint density at radius 2 is 1.36 bits per heavy atom. The van der Waals surface area contributed by atoms with E-state index in [1.807, 2.05) is 0 Å². The molecule has 2 nitrogen and oxygen atoms in total. The van der Waals surface area contributed by atoms with Crippen molar-refractivity contribution in [1.29, 1.82) is 0 Å². The van der Waals surface area contributed by atoms with E-state index >= 15 is 0 Å². The van der Waals surface area contributed by atoms with Crippen LogP contribution >= 0.6 is 0 Å². The van der Waals surface area contributed by atoms with Crippen LogP contribution in [0.1, 0.15) is 0 Å². The quantitative estimate of drug-likeness (QED) is 0.309. The summed E-state index contributed by atoms with van der Waals surface area (Å²) in [6, 6.07) is 0. The van der Waals surface area contributed by atoms with Gasteiger partial charge in [0.1, 0.15) is 5.97 Å². The van der Waals surface area contributed by atoms with E-state index in [2.05, 4.69) is 0 Å². The summed E-state index contributed by atoms with van der Waals surface area (Å²) < 4.78 is 55.3. The first kappa shape index (κ1) is 13.3. The van der Waals surface area contributed by atoms with Crippen LogP contribution in [-0.2, 0) is 4.79 Å². The molecule has 0 aliphatic heterocycles. The van der Waals surface area contributed by atoms with Crippen LogP contribution in [0.2, 0.25) is 0 Å². The van der Waals surface area contributed by atoms with Crippen LogP contribution < -0.4 is 24.0 Å². The number of alkyl halides is 5. The van der Waals surface area contributed by atoms with Crippen LogP contribution in [0.5, 0.6) is 0 Å². The van der Waals surface area contributed by atoms with E-state index in [1.54, 1.807) is 0 Å². The van der Waals surface area contributed by atoms with E-state index in [-0.39, 0.29) is 18.9 Å². The predicted octanol–water partition coefficient (Wildman–Crippen LogP) is -3.06. The van der Waals surface area contributed by atoms with Crippen molar-refractivity contribution in [3.63, 3.8) is 0 Å². The molecule has 0 amide bonds. The standard InChI is InChI=1S/C3HF5O2.Li/c4-2(5,1(9)10)3(6,7)8;/h(H,9,10);/q;+1/p-1. The van der Waals surface area contributed by atoms with Gasteiger partial charge in [0.05, 0.1) is 0 Å². The third kappa shape index (κ3) is 2.67. The zero-order valence-electron chi connectivity index (χ0n) is 5.21. The fourth-order valence-electron chi connectivity index (χ4n) is 0.116. The van der Waals surface area contributed by atoms with Crippen molar-refractivity contribution in [3.8, 4) is 0 Å².